The second-order valence-electron chi connectivity index (χ2n) is 6.73. The van der Waals surface area contributed by atoms with E-state index in [4.69, 9.17) is 23.2 Å². The second-order valence-corrected chi connectivity index (χ2v) is 11.6. The number of thiazole rings is 1. The van der Waals surface area contributed by atoms with Gasteiger partial charge in [-0.1, -0.05) is 47.0 Å². The number of thiophene rings is 1. The highest BCUT2D eigenvalue weighted by molar-refractivity contribution is 7.92. The van der Waals surface area contributed by atoms with Crippen molar-refractivity contribution in [3.05, 3.63) is 79.8 Å². The van der Waals surface area contributed by atoms with Gasteiger partial charge in [0.2, 0.25) is 0 Å². The number of nitrogens with one attached hydrogen (secondary N) is 2. The van der Waals surface area contributed by atoms with E-state index in [0.717, 1.165) is 5.56 Å². The van der Waals surface area contributed by atoms with Gasteiger partial charge in [0.15, 0.2) is 5.13 Å². The summed E-state index contributed by atoms with van der Waals surface area (Å²) in [5, 5.41) is 4.87. The molecule has 11 heteroatoms. The summed E-state index contributed by atoms with van der Waals surface area (Å²) in [5.41, 5.74) is 2.82. The Bertz CT molecular complexity index is 1400. The van der Waals surface area contributed by atoms with Gasteiger partial charge < -0.3 is 0 Å². The van der Waals surface area contributed by atoms with Gasteiger partial charge in [-0.3, -0.25) is 14.8 Å². The predicted octanol–water partition coefficient (Wildman–Crippen LogP) is 6.54. The van der Waals surface area contributed by atoms with Crippen LogP contribution in [0.5, 0.6) is 0 Å². The summed E-state index contributed by atoms with van der Waals surface area (Å²) in [6.07, 6.45) is 0. The first-order valence-electron chi connectivity index (χ1n) is 9.13. The quantitative estimate of drug-likeness (QED) is 0.300. The number of aromatic nitrogens is 1. The number of rotatable bonds is 6. The third-order valence-corrected chi connectivity index (χ3v) is 8.01. The van der Waals surface area contributed by atoms with Gasteiger partial charge in [-0.25, -0.2) is 13.4 Å². The molecular weight excluding hydrogens is 509 g/mol. The van der Waals surface area contributed by atoms with Gasteiger partial charge in [-0.05, 0) is 43.3 Å². The Kier molecular flexibility index (Phi) is 6.55. The van der Waals surface area contributed by atoms with Crippen LogP contribution in [-0.2, 0) is 10.0 Å². The number of aryl methyl sites for hydroxylation is 1. The van der Waals surface area contributed by atoms with Gasteiger partial charge >= 0.3 is 0 Å². The molecule has 0 unspecified atom stereocenters. The van der Waals surface area contributed by atoms with Crippen molar-refractivity contribution < 1.29 is 13.2 Å². The Hall–Kier alpha value is -2.43. The molecule has 2 heterocycles. The number of carbonyl (C=O) groups is 1. The lowest BCUT2D eigenvalue weighted by molar-refractivity contribution is 0.102. The van der Waals surface area contributed by atoms with E-state index >= 15 is 0 Å². The van der Waals surface area contributed by atoms with Crippen molar-refractivity contribution in [2.24, 2.45) is 0 Å². The molecule has 4 rings (SSSR count). The fraction of sp³-hybridized carbons (Fsp3) is 0.0476. The standard InChI is InChI=1S/C21H15Cl2N3O3S3/c1-12-5-7-15(8-6-12)32(28,29)26-14-4-2-3-13(9-14)20(27)25-21-24-17(11-30-21)16-10-18(22)31-19(16)23/h2-11,26H,1H3,(H,24,25,27). The molecule has 1 amide bonds. The fourth-order valence-electron chi connectivity index (χ4n) is 2.79. The Balaban J connectivity index is 1.49. The molecule has 0 saturated heterocycles. The molecule has 0 saturated carbocycles. The Morgan fingerprint density at radius 1 is 1.06 bits per heavy atom. The number of anilines is 2. The molecule has 164 valence electrons. The minimum absolute atomic E-state index is 0.139. The third kappa shape index (κ3) is 5.13. The number of carbonyl (C=O) groups excluding carboxylic acids is 1. The van der Waals surface area contributed by atoms with E-state index in [9.17, 15) is 13.2 Å². The molecule has 32 heavy (non-hydrogen) atoms. The summed E-state index contributed by atoms with van der Waals surface area (Å²) in [5.74, 6) is -0.420. The van der Waals surface area contributed by atoms with E-state index < -0.39 is 15.9 Å². The SMILES string of the molecule is Cc1ccc(S(=O)(=O)Nc2cccc(C(=O)Nc3nc(-c4cc(Cl)sc4Cl)cs3)c2)cc1. The maximum absolute atomic E-state index is 12.7. The summed E-state index contributed by atoms with van der Waals surface area (Å²) >= 11 is 14.6. The minimum Gasteiger partial charge on any atom is -0.298 e. The molecular formula is C21H15Cl2N3O3S3. The van der Waals surface area contributed by atoms with Gasteiger partial charge in [-0.2, -0.15) is 0 Å². The molecule has 0 aliphatic carbocycles. The van der Waals surface area contributed by atoms with E-state index in [1.807, 2.05) is 6.92 Å². The van der Waals surface area contributed by atoms with Crippen LogP contribution in [0.3, 0.4) is 0 Å². The molecule has 4 aromatic rings. The molecule has 6 nitrogen and oxygen atoms in total. The zero-order valence-electron chi connectivity index (χ0n) is 16.4. The van der Waals surface area contributed by atoms with Crippen LogP contribution in [0.2, 0.25) is 8.67 Å². The highest BCUT2D eigenvalue weighted by atomic mass is 35.5. The first-order chi connectivity index (χ1) is 15.2. The predicted molar refractivity (Wildman–Crippen MR) is 132 cm³/mol. The number of benzene rings is 2. The van der Waals surface area contributed by atoms with E-state index in [2.05, 4.69) is 15.0 Å². The number of hydrogen-bond acceptors (Lipinski definition) is 6. The Morgan fingerprint density at radius 3 is 2.50 bits per heavy atom. The summed E-state index contributed by atoms with van der Waals surface area (Å²) in [4.78, 5) is 17.2. The smallest absolute Gasteiger partial charge is 0.261 e. The maximum Gasteiger partial charge on any atom is 0.261 e. The minimum atomic E-state index is -3.78. The fourth-order valence-corrected chi connectivity index (χ4v) is 6.03. The normalized spacial score (nSPS) is 11.3. The van der Waals surface area contributed by atoms with Crippen molar-refractivity contribution in [3.63, 3.8) is 0 Å². The van der Waals surface area contributed by atoms with Crippen LogP contribution in [0.1, 0.15) is 15.9 Å². The topological polar surface area (TPSA) is 88.2 Å². The number of nitrogens with zero attached hydrogens (tertiary/aromatic N) is 1. The van der Waals surface area contributed by atoms with Crippen molar-refractivity contribution in [3.8, 4) is 11.3 Å². The molecule has 0 spiro atoms. The number of hydrogen-bond donors (Lipinski definition) is 2. The number of sulfonamides is 1. The lowest BCUT2D eigenvalue weighted by atomic mass is 10.2. The average molecular weight is 524 g/mol. The van der Waals surface area contributed by atoms with Crippen LogP contribution < -0.4 is 10.0 Å². The highest BCUT2D eigenvalue weighted by Crippen LogP contribution is 2.39. The summed E-state index contributed by atoms with van der Waals surface area (Å²) < 4.78 is 28.8. The van der Waals surface area contributed by atoms with Crippen LogP contribution in [0.4, 0.5) is 10.8 Å². The molecule has 0 fully saturated rings. The molecule has 2 aromatic heterocycles. The zero-order chi connectivity index (χ0) is 22.9. The van der Waals surface area contributed by atoms with Gasteiger partial charge in [0, 0.05) is 22.2 Å². The van der Waals surface area contributed by atoms with Gasteiger partial charge in [-0.15, -0.1) is 22.7 Å². The van der Waals surface area contributed by atoms with E-state index in [1.54, 1.807) is 41.8 Å². The second kappa shape index (κ2) is 9.21. The zero-order valence-corrected chi connectivity index (χ0v) is 20.4. The van der Waals surface area contributed by atoms with Crippen LogP contribution in [0, 0.1) is 6.92 Å². The van der Waals surface area contributed by atoms with Crippen molar-refractivity contribution in [2.75, 3.05) is 10.0 Å². The maximum atomic E-state index is 12.7. The molecule has 0 bridgehead atoms. The molecule has 0 aliphatic rings. The van der Waals surface area contributed by atoms with Gasteiger partial charge in [0.25, 0.3) is 15.9 Å². The van der Waals surface area contributed by atoms with Crippen molar-refractivity contribution in [1.29, 1.82) is 0 Å². The van der Waals surface area contributed by atoms with Crippen LogP contribution in [0.15, 0.2) is 64.9 Å². The molecule has 0 aliphatic heterocycles. The van der Waals surface area contributed by atoms with Crippen molar-refractivity contribution in [2.45, 2.75) is 11.8 Å². The third-order valence-electron chi connectivity index (χ3n) is 4.37. The van der Waals surface area contributed by atoms with Crippen LogP contribution >= 0.6 is 45.9 Å². The number of halogens is 2. The monoisotopic (exact) mass is 523 g/mol. The van der Waals surface area contributed by atoms with Crippen molar-refractivity contribution in [1.82, 2.24) is 4.98 Å². The van der Waals surface area contributed by atoms with Crippen LogP contribution in [0.25, 0.3) is 11.3 Å². The van der Waals surface area contributed by atoms with Gasteiger partial charge in [0.1, 0.15) is 4.34 Å². The first-order valence-corrected chi connectivity index (χ1v) is 13.1. The first kappa shape index (κ1) is 22.8. The number of amides is 1. The lowest BCUT2D eigenvalue weighted by Gasteiger charge is -2.10. The lowest BCUT2D eigenvalue weighted by Crippen LogP contribution is -2.15. The Morgan fingerprint density at radius 2 is 1.81 bits per heavy atom. The van der Waals surface area contributed by atoms with E-state index in [0.29, 0.717) is 25.1 Å². The largest absolute Gasteiger partial charge is 0.298 e. The average Bonchev–Trinajstić information content (AvgIpc) is 3.33. The van der Waals surface area contributed by atoms with E-state index in [-0.39, 0.29) is 16.1 Å². The van der Waals surface area contributed by atoms with E-state index in [1.165, 1.54) is 40.9 Å². The summed E-state index contributed by atoms with van der Waals surface area (Å²) in [7, 11) is -3.78. The van der Waals surface area contributed by atoms with Crippen LogP contribution in [-0.4, -0.2) is 19.3 Å². The molecule has 0 radical (unpaired) electrons. The van der Waals surface area contributed by atoms with Crippen molar-refractivity contribution >= 4 is 72.6 Å². The summed E-state index contributed by atoms with van der Waals surface area (Å²) in [6, 6.07) is 14.4. The molecule has 2 N–H and O–H groups in total. The molecule has 2 aromatic carbocycles. The molecule has 0 atom stereocenters. The summed E-state index contributed by atoms with van der Waals surface area (Å²) in [6.45, 7) is 1.88. The van der Waals surface area contributed by atoms with Gasteiger partial charge in [0.05, 0.1) is 14.9 Å². The highest BCUT2D eigenvalue weighted by Gasteiger charge is 2.17. The Labute approximate surface area is 202 Å².